The molecule has 24 heavy (non-hydrogen) atoms. The van der Waals surface area contributed by atoms with Gasteiger partial charge in [-0.2, -0.15) is 0 Å². The van der Waals surface area contributed by atoms with Crippen LogP contribution < -0.4 is 10.1 Å². The zero-order valence-corrected chi connectivity index (χ0v) is 14.9. The van der Waals surface area contributed by atoms with E-state index in [0.29, 0.717) is 21.5 Å². The fourth-order valence-electron chi connectivity index (χ4n) is 2.01. The number of amides is 1. The monoisotopic (exact) mass is 406 g/mol. The summed E-state index contributed by atoms with van der Waals surface area (Å²) < 4.78 is 19.0. The Morgan fingerprint density at radius 2 is 2.00 bits per heavy atom. The first-order valence-corrected chi connectivity index (χ1v) is 8.55. The Hall–Kier alpha value is -2.12. The summed E-state index contributed by atoms with van der Waals surface area (Å²) >= 11 is 4.69. The summed E-state index contributed by atoms with van der Waals surface area (Å²) in [4.78, 5) is 16.9. The first-order chi connectivity index (χ1) is 11.5. The predicted molar refractivity (Wildman–Crippen MR) is 97.9 cm³/mol. The normalized spacial score (nSPS) is 17.4. The highest BCUT2D eigenvalue weighted by atomic mass is 79.9. The maximum absolute atomic E-state index is 12.9. The Morgan fingerprint density at radius 1 is 1.25 bits per heavy atom. The number of ether oxygens (including phenoxy) is 1. The number of halogens is 2. The van der Waals surface area contributed by atoms with Crippen LogP contribution >= 0.6 is 27.7 Å². The zero-order chi connectivity index (χ0) is 17.1. The van der Waals surface area contributed by atoms with Gasteiger partial charge in [-0.15, -0.1) is 0 Å². The Balaban J connectivity index is 1.86. The van der Waals surface area contributed by atoms with E-state index in [4.69, 9.17) is 4.74 Å². The standard InChI is InChI=1S/C17H12BrFN2O2S/c1-23-13-6-7-14(18)10(8-13)9-15-16(22)21-17(24-15)20-12-4-2-11(19)3-5-12/h2-9H,1H3,(H,20,21,22). The lowest BCUT2D eigenvalue weighted by Gasteiger charge is -2.03. The van der Waals surface area contributed by atoms with E-state index in [1.54, 1.807) is 25.3 Å². The summed E-state index contributed by atoms with van der Waals surface area (Å²) in [5, 5.41) is 3.16. The predicted octanol–water partition coefficient (Wildman–Crippen LogP) is 4.49. The van der Waals surface area contributed by atoms with Gasteiger partial charge < -0.3 is 10.1 Å². The summed E-state index contributed by atoms with van der Waals surface area (Å²) in [6.07, 6.45) is 1.76. The molecule has 0 atom stereocenters. The molecule has 0 aliphatic carbocycles. The second kappa shape index (κ2) is 7.19. The van der Waals surface area contributed by atoms with E-state index in [2.05, 4.69) is 26.2 Å². The molecule has 7 heteroatoms. The molecule has 0 unspecified atom stereocenters. The highest BCUT2D eigenvalue weighted by Gasteiger charge is 2.24. The molecule has 2 aromatic carbocycles. The molecule has 1 aliphatic rings. The molecule has 1 amide bonds. The van der Waals surface area contributed by atoms with Crippen LogP contribution in [0.3, 0.4) is 0 Å². The zero-order valence-electron chi connectivity index (χ0n) is 12.5. The lowest BCUT2D eigenvalue weighted by atomic mass is 10.2. The van der Waals surface area contributed by atoms with E-state index >= 15 is 0 Å². The van der Waals surface area contributed by atoms with Gasteiger partial charge in [0.1, 0.15) is 11.6 Å². The molecule has 1 aliphatic heterocycles. The Morgan fingerprint density at radius 3 is 2.71 bits per heavy atom. The van der Waals surface area contributed by atoms with Gasteiger partial charge in [0.25, 0.3) is 5.91 Å². The van der Waals surface area contributed by atoms with Crippen LogP contribution in [-0.2, 0) is 4.79 Å². The van der Waals surface area contributed by atoms with Gasteiger partial charge in [0, 0.05) is 4.47 Å². The van der Waals surface area contributed by atoms with E-state index in [-0.39, 0.29) is 11.7 Å². The number of carbonyl (C=O) groups excluding carboxylic acids is 1. The minimum Gasteiger partial charge on any atom is -0.497 e. The highest BCUT2D eigenvalue weighted by molar-refractivity contribution is 9.10. The van der Waals surface area contributed by atoms with Crippen molar-refractivity contribution < 1.29 is 13.9 Å². The molecule has 1 fully saturated rings. The summed E-state index contributed by atoms with van der Waals surface area (Å²) in [7, 11) is 1.59. The fraction of sp³-hybridized carbons (Fsp3) is 0.0588. The second-order valence-electron chi connectivity index (χ2n) is 4.85. The van der Waals surface area contributed by atoms with Crippen molar-refractivity contribution in [2.45, 2.75) is 0 Å². The Bertz CT molecular complexity index is 850. The Labute approximate surface area is 150 Å². The number of benzene rings is 2. The molecule has 122 valence electrons. The van der Waals surface area contributed by atoms with E-state index in [1.165, 1.54) is 23.9 Å². The van der Waals surface area contributed by atoms with E-state index in [9.17, 15) is 9.18 Å². The van der Waals surface area contributed by atoms with Crippen LogP contribution in [0.2, 0.25) is 0 Å². The number of aliphatic imine (C=N–C) groups is 1. The highest BCUT2D eigenvalue weighted by Crippen LogP contribution is 2.31. The maximum Gasteiger partial charge on any atom is 0.264 e. The molecule has 2 aromatic rings. The summed E-state index contributed by atoms with van der Waals surface area (Å²) in [5.41, 5.74) is 1.40. The average molecular weight is 407 g/mol. The first kappa shape index (κ1) is 16.7. The van der Waals surface area contributed by atoms with Crippen molar-refractivity contribution in [2.24, 2.45) is 4.99 Å². The van der Waals surface area contributed by atoms with Crippen LogP contribution in [0, 0.1) is 5.82 Å². The molecule has 0 spiro atoms. The van der Waals surface area contributed by atoms with Gasteiger partial charge in [-0.1, -0.05) is 15.9 Å². The molecule has 0 radical (unpaired) electrons. The molecule has 0 bridgehead atoms. The number of nitrogens with zero attached hydrogens (tertiary/aromatic N) is 1. The van der Waals surface area contributed by atoms with Gasteiger partial charge in [-0.25, -0.2) is 9.38 Å². The largest absolute Gasteiger partial charge is 0.497 e. The molecule has 4 nitrogen and oxygen atoms in total. The third kappa shape index (κ3) is 3.85. The average Bonchev–Trinajstić information content (AvgIpc) is 2.91. The van der Waals surface area contributed by atoms with Crippen molar-refractivity contribution >= 4 is 50.5 Å². The SMILES string of the molecule is COc1ccc(Br)c(C=C2SC(=Nc3ccc(F)cc3)NC2=O)c1. The van der Waals surface area contributed by atoms with E-state index in [1.807, 2.05) is 18.2 Å². The lowest BCUT2D eigenvalue weighted by molar-refractivity contribution is -0.115. The second-order valence-corrected chi connectivity index (χ2v) is 6.73. The number of amidine groups is 1. The van der Waals surface area contributed by atoms with Gasteiger partial charge in [-0.3, -0.25) is 4.79 Å². The van der Waals surface area contributed by atoms with Crippen molar-refractivity contribution in [3.63, 3.8) is 0 Å². The van der Waals surface area contributed by atoms with Crippen molar-refractivity contribution in [3.8, 4) is 5.75 Å². The van der Waals surface area contributed by atoms with Gasteiger partial charge in [0.2, 0.25) is 0 Å². The van der Waals surface area contributed by atoms with Crippen molar-refractivity contribution in [1.29, 1.82) is 0 Å². The topological polar surface area (TPSA) is 50.7 Å². The molecule has 0 saturated carbocycles. The maximum atomic E-state index is 12.9. The van der Waals surface area contributed by atoms with Crippen LogP contribution in [0.25, 0.3) is 6.08 Å². The van der Waals surface area contributed by atoms with Crippen LogP contribution in [0.1, 0.15) is 5.56 Å². The minimum atomic E-state index is -0.328. The number of hydrogen-bond donors (Lipinski definition) is 1. The van der Waals surface area contributed by atoms with Gasteiger partial charge >= 0.3 is 0 Å². The van der Waals surface area contributed by atoms with Crippen LogP contribution in [0.5, 0.6) is 5.75 Å². The smallest absolute Gasteiger partial charge is 0.264 e. The molecule has 1 saturated heterocycles. The third-order valence-electron chi connectivity index (χ3n) is 3.20. The van der Waals surface area contributed by atoms with Crippen molar-refractivity contribution in [3.05, 3.63) is 63.2 Å². The molecule has 1 heterocycles. The van der Waals surface area contributed by atoms with Crippen LogP contribution in [0.15, 0.2) is 56.8 Å². The fourth-order valence-corrected chi connectivity index (χ4v) is 3.21. The Kier molecular flexibility index (Phi) is 5.01. The number of nitrogens with one attached hydrogen (secondary N) is 1. The van der Waals surface area contributed by atoms with Gasteiger partial charge in [-0.05, 0) is 65.9 Å². The third-order valence-corrected chi connectivity index (χ3v) is 4.83. The molecular weight excluding hydrogens is 395 g/mol. The van der Waals surface area contributed by atoms with Gasteiger partial charge in [0.05, 0.1) is 17.7 Å². The van der Waals surface area contributed by atoms with Gasteiger partial charge in [0.15, 0.2) is 5.17 Å². The summed E-state index contributed by atoms with van der Waals surface area (Å²) in [6.45, 7) is 0. The van der Waals surface area contributed by atoms with Crippen molar-refractivity contribution in [2.75, 3.05) is 7.11 Å². The number of thioether (sulfide) groups is 1. The van der Waals surface area contributed by atoms with E-state index < -0.39 is 0 Å². The number of carbonyl (C=O) groups is 1. The number of rotatable bonds is 3. The van der Waals surface area contributed by atoms with Crippen LogP contribution in [0.4, 0.5) is 10.1 Å². The molecule has 1 N–H and O–H groups in total. The lowest BCUT2D eigenvalue weighted by Crippen LogP contribution is -2.19. The quantitative estimate of drug-likeness (QED) is 0.763. The minimum absolute atomic E-state index is 0.226. The molecule has 0 aromatic heterocycles. The van der Waals surface area contributed by atoms with Crippen LogP contribution in [-0.4, -0.2) is 18.2 Å². The molecule has 3 rings (SSSR count). The first-order valence-electron chi connectivity index (χ1n) is 6.94. The summed E-state index contributed by atoms with van der Waals surface area (Å²) in [5.74, 6) is 0.148. The number of hydrogen-bond acceptors (Lipinski definition) is 4. The van der Waals surface area contributed by atoms with Crippen molar-refractivity contribution in [1.82, 2.24) is 5.32 Å². The summed E-state index contributed by atoms with van der Waals surface area (Å²) in [6, 6.07) is 11.3. The molecular formula is C17H12BrFN2O2S. The number of methoxy groups -OCH3 is 1. The van der Waals surface area contributed by atoms with E-state index in [0.717, 1.165) is 10.0 Å².